The van der Waals surface area contributed by atoms with Crippen molar-refractivity contribution in [1.29, 1.82) is 0 Å². The lowest BCUT2D eigenvalue weighted by atomic mass is 10.1. The zero-order chi connectivity index (χ0) is 26.8. The number of carbonyl (C=O) groups excluding carboxylic acids is 1. The molecule has 1 atom stereocenters. The van der Waals surface area contributed by atoms with Gasteiger partial charge in [-0.15, -0.1) is 11.3 Å². The summed E-state index contributed by atoms with van der Waals surface area (Å²) in [7, 11) is 0. The lowest BCUT2D eigenvalue weighted by molar-refractivity contribution is -0.116. The monoisotopic (exact) mass is 541 g/mol. The molecule has 2 fully saturated rings. The number of amides is 1. The van der Waals surface area contributed by atoms with Crippen LogP contribution in [0.4, 0.5) is 5.69 Å². The van der Waals surface area contributed by atoms with E-state index < -0.39 is 0 Å². The van der Waals surface area contributed by atoms with Crippen molar-refractivity contribution in [3.05, 3.63) is 65.3 Å². The molecular weight excluding hydrogens is 510 g/mol. The molecule has 1 amide bonds. The number of thiazole rings is 1. The maximum atomic E-state index is 12.9. The first-order valence-corrected chi connectivity index (χ1v) is 14.2. The first kappa shape index (κ1) is 25.6. The zero-order valence-corrected chi connectivity index (χ0v) is 23.0. The number of allylic oxidation sites excluding steroid dienone is 1. The molecule has 4 heterocycles. The smallest absolute Gasteiger partial charge is 0.224 e. The average Bonchev–Trinajstić information content (AvgIpc) is 3.40. The van der Waals surface area contributed by atoms with E-state index in [9.17, 15) is 4.79 Å². The number of aromatic nitrogens is 4. The predicted octanol–water partition coefficient (Wildman–Crippen LogP) is 5.93. The summed E-state index contributed by atoms with van der Waals surface area (Å²) in [6.07, 6.45) is 11.0. The number of benzene rings is 1. The second kappa shape index (κ2) is 11.2. The van der Waals surface area contributed by atoms with Gasteiger partial charge in [-0.1, -0.05) is 17.7 Å². The molecule has 4 aromatic rings. The van der Waals surface area contributed by atoms with Gasteiger partial charge in [0, 0.05) is 37.4 Å². The third-order valence-corrected chi connectivity index (χ3v) is 8.13. The topological polar surface area (TPSA) is 90.3 Å². The van der Waals surface area contributed by atoms with Crippen LogP contribution in [0.15, 0.2) is 53.9 Å². The Morgan fingerprint density at radius 2 is 2.05 bits per heavy atom. The van der Waals surface area contributed by atoms with Gasteiger partial charge in [0.15, 0.2) is 5.82 Å². The maximum absolute atomic E-state index is 12.9. The number of ether oxygens (including phenoxy) is 2. The standard InChI is InChI=1S/C30H31N5O3S/c1-19(22-3-4-22)11-23-7-9-31-13-27(23)35(20(2)36)15-29-33-26-6-5-24(28-14-32-18-39-28)12-25(26)30(34-29)38-17-21-8-10-37-16-21/h5-7,9,11-14,18,21-22H,3-4,8,10,15-17H2,1-2H3. The van der Waals surface area contributed by atoms with Crippen molar-refractivity contribution in [2.75, 3.05) is 24.7 Å². The summed E-state index contributed by atoms with van der Waals surface area (Å²) < 4.78 is 11.8. The third-order valence-electron chi connectivity index (χ3n) is 7.31. The summed E-state index contributed by atoms with van der Waals surface area (Å²) in [4.78, 5) is 33.9. The molecule has 0 N–H and O–H groups in total. The molecule has 1 saturated carbocycles. The van der Waals surface area contributed by atoms with E-state index in [2.05, 4.69) is 29.0 Å². The first-order chi connectivity index (χ1) is 19.0. The van der Waals surface area contributed by atoms with Gasteiger partial charge in [-0.3, -0.25) is 14.8 Å². The van der Waals surface area contributed by atoms with Crippen LogP contribution in [-0.2, 0) is 16.1 Å². The number of anilines is 1. The van der Waals surface area contributed by atoms with Crippen LogP contribution < -0.4 is 9.64 Å². The van der Waals surface area contributed by atoms with Crippen molar-refractivity contribution in [2.45, 2.75) is 39.7 Å². The van der Waals surface area contributed by atoms with Gasteiger partial charge in [-0.05, 0) is 55.9 Å². The van der Waals surface area contributed by atoms with Crippen LogP contribution in [0.1, 0.15) is 44.5 Å². The van der Waals surface area contributed by atoms with Crippen molar-refractivity contribution >= 4 is 39.9 Å². The summed E-state index contributed by atoms with van der Waals surface area (Å²) in [6, 6.07) is 8.03. The maximum Gasteiger partial charge on any atom is 0.224 e. The lowest BCUT2D eigenvalue weighted by Crippen LogP contribution is -2.29. The van der Waals surface area contributed by atoms with Crippen LogP contribution in [0.5, 0.6) is 5.88 Å². The molecule has 0 bridgehead atoms. The molecule has 2 aliphatic rings. The van der Waals surface area contributed by atoms with Crippen LogP contribution in [0, 0.1) is 11.8 Å². The Morgan fingerprint density at radius 1 is 1.15 bits per heavy atom. The van der Waals surface area contributed by atoms with E-state index in [1.54, 1.807) is 35.6 Å². The minimum absolute atomic E-state index is 0.100. The molecule has 9 heteroatoms. The molecule has 200 valence electrons. The van der Waals surface area contributed by atoms with Gasteiger partial charge in [0.25, 0.3) is 0 Å². The zero-order valence-electron chi connectivity index (χ0n) is 22.2. The third kappa shape index (κ3) is 5.84. The molecule has 0 spiro atoms. The number of hydrogen-bond donors (Lipinski definition) is 0. The van der Waals surface area contributed by atoms with Gasteiger partial charge in [0.2, 0.25) is 11.8 Å². The molecule has 0 radical (unpaired) electrons. The number of rotatable bonds is 9. The van der Waals surface area contributed by atoms with E-state index in [1.165, 1.54) is 18.4 Å². The average molecular weight is 542 g/mol. The Hall–Kier alpha value is -3.69. The number of fused-ring (bicyclic) bond motifs is 1. The minimum Gasteiger partial charge on any atom is -0.477 e. The van der Waals surface area contributed by atoms with Crippen LogP contribution in [-0.4, -0.2) is 45.7 Å². The Kier molecular flexibility index (Phi) is 7.34. The Labute approximate surface area is 231 Å². The molecule has 8 nitrogen and oxygen atoms in total. The fraction of sp³-hybridized carbons (Fsp3) is 0.367. The minimum atomic E-state index is -0.100. The highest BCUT2D eigenvalue weighted by atomic mass is 32.1. The Bertz CT molecular complexity index is 1510. The summed E-state index contributed by atoms with van der Waals surface area (Å²) in [5.41, 5.74) is 6.68. The van der Waals surface area contributed by atoms with Crippen molar-refractivity contribution < 1.29 is 14.3 Å². The second-order valence-corrected chi connectivity index (χ2v) is 11.2. The van der Waals surface area contributed by atoms with E-state index >= 15 is 0 Å². The van der Waals surface area contributed by atoms with Crippen LogP contribution >= 0.6 is 11.3 Å². The second-order valence-electron chi connectivity index (χ2n) is 10.3. The number of hydrogen-bond acceptors (Lipinski definition) is 8. The van der Waals surface area contributed by atoms with Gasteiger partial charge < -0.3 is 14.4 Å². The molecule has 1 aliphatic carbocycles. The molecule has 39 heavy (non-hydrogen) atoms. The lowest BCUT2D eigenvalue weighted by Gasteiger charge is -2.23. The van der Waals surface area contributed by atoms with E-state index in [1.807, 2.05) is 29.9 Å². The summed E-state index contributed by atoms with van der Waals surface area (Å²) in [6.45, 7) is 5.90. The normalized spacial score (nSPS) is 17.5. The molecule has 1 unspecified atom stereocenters. The van der Waals surface area contributed by atoms with E-state index in [-0.39, 0.29) is 12.5 Å². The van der Waals surface area contributed by atoms with Gasteiger partial charge in [0.05, 0.1) is 52.9 Å². The highest BCUT2D eigenvalue weighted by Gasteiger charge is 2.24. The van der Waals surface area contributed by atoms with Gasteiger partial charge in [-0.25, -0.2) is 4.98 Å². The van der Waals surface area contributed by atoms with Crippen LogP contribution in [0.25, 0.3) is 27.4 Å². The molecule has 1 aromatic carbocycles. The molecule has 1 saturated heterocycles. The summed E-state index contributed by atoms with van der Waals surface area (Å²) in [5, 5.41) is 0.836. The molecule has 3 aromatic heterocycles. The van der Waals surface area contributed by atoms with Gasteiger partial charge in [-0.2, -0.15) is 4.98 Å². The molecular formula is C30H31N5O3S. The van der Waals surface area contributed by atoms with E-state index in [4.69, 9.17) is 19.4 Å². The van der Waals surface area contributed by atoms with Crippen LogP contribution in [0.2, 0.25) is 0 Å². The fourth-order valence-corrected chi connectivity index (χ4v) is 5.52. The highest BCUT2D eigenvalue weighted by molar-refractivity contribution is 7.13. The summed E-state index contributed by atoms with van der Waals surface area (Å²) in [5.74, 6) is 1.90. The quantitative estimate of drug-likeness (QED) is 0.259. The van der Waals surface area contributed by atoms with E-state index in [0.29, 0.717) is 36.8 Å². The molecule has 1 aliphatic heterocycles. The predicted molar refractivity (Wildman–Crippen MR) is 153 cm³/mol. The van der Waals surface area contributed by atoms with Gasteiger partial charge >= 0.3 is 0 Å². The molecule has 6 rings (SSSR count). The SMILES string of the molecule is CC(=O)N(Cc1nc(OCC2CCOC2)c2cc(-c3cncs3)ccc2n1)c1cnccc1C=C(C)C1CC1. The number of carbonyl (C=O) groups is 1. The van der Waals surface area contributed by atoms with Crippen LogP contribution in [0.3, 0.4) is 0 Å². The van der Waals surface area contributed by atoms with Gasteiger partial charge in [0.1, 0.15) is 0 Å². The van der Waals surface area contributed by atoms with Crippen molar-refractivity contribution in [2.24, 2.45) is 11.8 Å². The Morgan fingerprint density at radius 3 is 2.79 bits per heavy atom. The summed E-state index contributed by atoms with van der Waals surface area (Å²) >= 11 is 1.58. The Balaban J connectivity index is 1.36. The number of nitrogens with zero attached hydrogens (tertiary/aromatic N) is 5. The van der Waals surface area contributed by atoms with Crippen molar-refractivity contribution in [1.82, 2.24) is 19.9 Å². The first-order valence-electron chi connectivity index (χ1n) is 13.4. The highest BCUT2D eigenvalue weighted by Crippen LogP contribution is 2.38. The fourth-order valence-electron chi connectivity index (χ4n) is 4.90. The van der Waals surface area contributed by atoms with E-state index in [0.717, 1.165) is 45.6 Å². The number of pyridine rings is 1. The largest absolute Gasteiger partial charge is 0.477 e. The van der Waals surface area contributed by atoms with Crippen molar-refractivity contribution in [3.63, 3.8) is 0 Å². The van der Waals surface area contributed by atoms with Crippen molar-refractivity contribution in [3.8, 4) is 16.3 Å².